The molecule has 11 nitrogen and oxygen atoms in total. The molecule has 2 aliphatic carbocycles. The molecule has 7 atom stereocenters. The average molecular weight is 549 g/mol. The number of piperazine rings is 1. The van der Waals surface area contributed by atoms with Gasteiger partial charge in [0.15, 0.2) is 0 Å². The number of alkyl carbamates (subject to hydrolysis) is 1. The van der Waals surface area contributed by atoms with E-state index < -0.39 is 29.7 Å². The van der Waals surface area contributed by atoms with Crippen molar-refractivity contribution in [1.82, 2.24) is 20.0 Å². The number of ether oxygens (including phenoxy) is 1. The number of fused-ring (bicyclic) bond motifs is 4. The highest BCUT2D eigenvalue weighted by molar-refractivity contribution is 5.93. The SMILES string of the molecule is CC(C)(C)OC(=O)N[C@@H](CN1C[C@H]2C[C@@H]1C(=O)N2[C@H]1CCc2cc(C(N)=O)ccc21)C(=O)N1[C@H](C#N)C[C@@H]2C[C@@H]21. The van der Waals surface area contributed by atoms with E-state index in [9.17, 15) is 24.4 Å². The number of carbonyl (C=O) groups is 4. The lowest BCUT2D eigenvalue weighted by Crippen LogP contribution is -2.59. The Morgan fingerprint density at radius 2 is 1.98 bits per heavy atom. The van der Waals surface area contributed by atoms with Crippen LogP contribution >= 0.6 is 0 Å². The number of nitriles is 1. The van der Waals surface area contributed by atoms with E-state index in [0.29, 0.717) is 30.9 Å². The highest BCUT2D eigenvalue weighted by Crippen LogP contribution is 2.48. The summed E-state index contributed by atoms with van der Waals surface area (Å²) < 4.78 is 5.45. The molecular weight excluding hydrogens is 512 g/mol. The number of nitrogens with zero attached hydrogens (tertiary/aromatic N) is 4. The smallest absolute Gasteiger partial charge is 0.408 e. The number of hydrogen-bond acceptors (Lipinski definition) is 7. The van der Waals surface area contributed by atoms with E-state index in [1.165, 1.54) is 0 Å². The minimum Gasteiger partial charge on any atom is -0.444 e. The fourth-order valence-electron chi connectivity index (χ4n) is 7.28. The summed E-state index contributed by atoms with van der Waals surface area (Å²) in [5, 5.41) is 12.4. The zero-order valence-corrected chi connectivity index (χ0v) is 23.1. The molecule has 4 amide bonds. The van der Waals surface area contributed by atoms with Crippen LogP contribution in [0.25, 0.3) is 0 Å². The Kier molecular flexibility index (Phi) is 6.29. The summed E-state index contributed by atoms with van der Waals surface area (Å²) in [6, 6.07) is 5.90. The number of primary amides is 1. The molecule has 1 aromatic carbocycles. The normalized spacial score (nSPS) is 31.0. The van der Waals surface area contributed by atoms with Crippen LogP contribution in [0.2, 0.25) is 0 Å². The molecule has 0 radical (unpaired) electrons. The summed E-state index contributed by atoms with van der Waals surface area (Å²) in [6.45, 7) is 6.04. The van der Waals surface area contributed by atoms with Gasteiger partial charge in [-0.05, 0) is 82.1 Å². The molecule has 3 aliphatic heterocycles. The lowest BCUT2D eigenvalue weighted by Gasteiger charge is -2.39. The molecule has 5 aliphatic rings. The Bertz CT molecular complexity index is 1320. The van der Waals surface area contributed by atoms with Gasteiger partial charge in [-0.1, -0.05) is 6.07 Å². The first-order valence-electron chi connectivity index (χ1n) is 14.2. The van der Waals surface area contributed by atoms with Crippen molar-refractivity contribution < 1.29 is 23.9 Å². The number of aryl methyl sites for hydroxylation is 1. The molecule has 40 heavy (non-hydrogen) atoms. The second-order valence-corrected chi connectivity index (χ2v) is 12.8. The van der Waals surface area contributed by atoms with Crippen molar-refractivity contribution in [2.24, 2.45) is 11.7 Å². The monoisotopic (exact) mass is 548 g/mol. The minimum absolute atomic E-state index is 0.00648. The van der Waals surface area contributed by atoms with Crippen LogP contribution in [0.1, 0.15) is 74.0 Å². The summed E-state index contributed by atoms with van der Waals surface area (Å²) in [5.41, 5.74) is 7.31. The minimum atomic E-state index is -0.926. The molecule has 1 aromatic rings. The summed E-state index contributed by atoms with van der Waals surface area (Å²) in [7, 11) is 0. The molecule has 0 aromatic heterocycles. The first-order valence-corrected chi connectivity index (χ1v) is 14.2. The van der Waals surface area contributed by atoms with Crippen LogP contribution in [0.5, 0.6) is 0 Å². The first kappa shape index (κ1) is 26.6. The number of nitrogens with one attached hydrogen (secondary N) is 1. The van der Waals surface area contributed by atoms with Gasteiger partial charge in [0.05, 0.1) is 18.2 Å². The predicted octanol–water partition coefficient (Wildman–Crippen LogP) is 1.46. The quantitative estimate of drug-likeness (QED) is 0.547. The molecule has 3 saturated heterocycles. The second-order valence-electron chi connectivity index (χ2n) is 12.8. The number of likely N-dealkylation sites (tertiary alicyclic amines) is 3. The van der Waals surface area contributed by atoms with Crippen LogP contribution in [0.3, 0.4) is 0 Å². The Labute approximate surface area is 233 Å². The number of amides is 4. The molecule has 212 valence electrons. The maximum absolute atomic E-state index is 13.8. The van der Waals surface area contributed by atoms with Gasteiger partial charge in [-0.2, -0.15) is 5.26 Å². The van der Waals surface area contributed by atoms with E-state index in [0.717, 1.165) is 30.4 Å². The molecule has 1 saturated carbocycles. The first-order chi connectivity index (χ1) is 18.9. The van der Waals surface area contributed by atoms with Gasteiger partial charge in [0.25, 0.3) is 0 Å². The van der Waals surface area contributed by atoms with E-state index in [2.05, 4.69) is 11.4 Å². The zero-order valence-electron chi connectivity index (χ0n) is 23.1. The van der Waals surface area contributed by atoms with Crippen LogP contribution in [0, 0.1) is 17.2 Å². The summed E-state index contributed by atoms with van der Waals surface area (Å²) in [4.78, 5) is 57.4. The lowest BCUT2D eigenvalue weighted by molar-refractivity contribution is -0.141. The van der Waals surface area contributed by atoms with Crippen LogP contribution < -0.4 is 11.1 Å². The van der Waals surface area contributed by atoms with Crippen molar-refractivity contribution in [1.29, 1.82) is 5.26 Å². The van der Waals surface area contributed by atoms with Gasteiger partial charge in [0.1, 0.15) is 17.7 Å². The van der Waals surface area contributed by atoms with Crippen molar-refractivity contribution in [3.8, 4) is 6.07 Å². The van der Waals surface area contributed by atoms with Crippen LogP contribution in [-0.2, 0) is 20.7 Å². The molecular formula is C29H36N6O5. The van der Waals surface area contributed by atoms with Gasteiger partial charge in [0, 0.05) is 30.7 Å². The van der Waals surface area contributed by atoms with Crippen LogP contribution in [0.4, 0.5) is 4.79 Å². The molecule has 3 heterocycles. The van der Waals surface area contributed by atoms with E-state index in [1.54, 1.807) is 31.7 Å². The number of carbonyl (C=O) groups excluding carboxylic acids is 4. The number of nitrogens with two attached hydrogens (primary N) is 1. The highest BCUT2D eigenvalue weighted by atomic mass is 16.6. The predicted molar refractivity (Wildman–Crippen MR) is 143 cm³/mol. The van der Waals surface area contributed by atoms with Gasteiger partial charge in [0.2, 0.25) is 17.7 Å². The molecule has 3 N–H and O–H groups in total. The van der Waals surface area contributed by atoms with E-state index >= 15 is 0 Å². The van der Waals surface area contributed by atoms with Crippen LogP contribution in [-0.4, -0.2) is 87.4 Å². The topological polar surface area (TPSA) is 149 Å². The fraction of sp³-hybridized carbons (Fsp3) is 0.621. The summed E-state index contributed by atoms with van der Waals surface area (Å²) >= 11 is 0. The number of piperidine rings is 1. The maximum atomic E-state index is 13.8. The van der Waals surface area contributed by atoms with Gasteiger partial charge in [-0.25, -0.2) is 4.79 Å². The zero-order chi connectivity index (χ0) is 28.5. The third-order valence-corrected chi connectivity index (χ3v) is 9.04. The molecule has 0 unspecified atom stereocenters. The Balaban J connectivity index is 1.18. The van der Waals surface area contributed by atoms with Crippen molar-refractivity contribution in [3.05, 3.63) is 34.9 Å². The van der Waals surface area contributed by atoms with Crippen molar-refractivity contribution in [2.75, 3.05) is 13.1 Å². The van der Waals surface area contributed by atoms with Crippen molar-refractivity contribution in [3.63, 3.8) is 0 Å². The van der Waals surface area contributed by atoms with Gasteiger partial charge >= 0.3 is 6.09 Å². The summed E-state index contributed by atoms with van der Waals surface area (Å²) in [5.74, 6) is -0.379. The molecule has 4 fully saturated rings. The lowest BCUT2D eigenvalue weighted by atomic mass is 10.0. The van der Waals surface area contributed by atoms with E-state index in [-0.39, 0.29) is 42.5 Å². The van der Waals surface area contributed by atoms with Gasteiger partial charge in [-0.3, -0.25) is 19.3 Å². The molecule has 6 rings (SSSR count). The Hall–Kier alpha value is -3.65. The maximum Gasteiger partial charge on any atom is 0.408 e. The van der Waals surface area contributed by atoms with Crippen molar-refractivity contribution in [2.45, 2.75) is 94.7 Å². The standard InChI is InChI=1S/C29H36N6O5/c1-29(2,3)40-28(39)32-21(26(37)34-18(12-30)9-17-10-23(17)34)14-33-13-19-11-24(33)27(38)35(19)22-7-5-15-8-16(25(31)36)4-6-20(15)22/h4,6,8,17-19,21-24H,5,7,9-11,13-14H2,1-3H3,(H2,31,36)(H,32,39)/t17-,18+,19-,21+,22+,23+,24-/m1/s1. The largest absolute Gasteiger partial charge is 0.444 e. The highest BCUT2D eigenvalue weighted by Gasteiger charge is 2.57. The average Bonchev–Trinajstić information content (AvgIpc) is 3.22. The van der Waals surface area contributed by atoms with Crippen LogP contribution in [0.15, 0.2) is 18.2 Å². The molecule has 0 spiro atoms. The molecule has 2 bridgehead atoms. The second kappa shape index (κ2) is 9.47. The molecule has 11 heteroatoms. The number of rotatable bonds is 6. The number of benzene rings is 1. The third kappa shape index (κ3) is 4.58. The van der Waals surface area contributed by atoms with Gasteiger partial charge in [-0.15, -0.1) is 0 Å². The van der Waals surface area contributed by atoms with E-state index in [1.807, 2.05) is 21.9 Å². The fourth-order valence-corrected chi connectivity index (χ4v) is 7.28. The summed E-state index contributed by atoms with van der Waals surface area (Å²) in [6.07, 6.45) is 3.08. The Morgan fingerprint density at radius 1 is 1.20 bits per heavy atom. The number of hydrogen-bond donors (Lipinski definition) is 2. The van der Waals surface area contributed by atoms with E-state index in [4.69, 9.17) is 10.5 Å². The van der Waals surface area contributed by atoms with Gasteiger partial charge < -0.3 is 25.6 Å². The Morgan fingerprint density at radius 3 is 2.65 bits per heavy atom. The third-order valence-electron chi connectivity index (χ3n) is 9.04. The van der Waals surface area contributed by atoms with Crippen molar-refractivity contribution >= 4 is 23.8 Å².